The van der Waals surface area contributed by atoms with Crippen molar-refractivity contribution in [2.75, 3.05) is 13.7 Å². The lowest BCUT2D eigenvalue weighted by atomic mass is 9.77. The Morgan fingerprint density at radius 1 is 1.33 bits per heavy atom. The van der Waals surface area contributed by atoms with E-state index in [0.717, 1.165) is 25.7 Å². The molecule has 3 aliphatic rings. The van der Waals surface area contributed by atoms with Gasteiger partial charge >= 0.3 is 0 Å². The van der Waals surface area contributed by atoms with Gasteiger partial charge in [-0.2, -0.15) is 0 Å². The van der Waals surface area contributed by atoms with Gasteiger partial charge in [-0.05, 0) is 37.0 Å². The van der Waals surface area contributed by atoms with E-state index in [-0.39, 0.29) is 35.2 Å². The number of hydrogen-bond donors (Lipinski definition) is 1. The SMILES string of the molecule is C=CCN1C(=O)C2=C(C(=O)C3CCCCC3O2)C1c1ccc(O)c(OC)c1. The van der Waals surface area contributed by atoms with Crippen LogP contribution in [0, 0.1) is 5.92 Å². The highest BCUT2D eigenvalue weighted by molar-refractivity contribution is 6.11. The first-order valence-corrected chi connectivity index (χ1v) is 9.30. The molecule has 2 heterocycles. The molecule has 27 heavy (non-hydrogen) atoms. The number of methoxy groups -OCH3 is 1. The van der Waals surface area contributed by atoms with Crippen LogP contribution in [0.5, 0.6) is 11.5 Å². The van der Waals surface area contributed by atoms with E-state index < -0.39 is 6.04 Å². The fraction of sp³-hybridized carbons (Fsp3) is 0.429. The number of phenolic OH excluding ortho intramolecular Hbond substituents is 1. The Bertz CT molecular complexity index is 843. The predicted molar refractivity (Wildman–Crippen MR) is 98.2 cm³/mol. The van der Waals surface area contributed by atoms with E-state index >= 15 is 0 Å². The van der Waals surface area contributed by atoms with Crippen molar-refractivity contribution in [1.82, 2.24) is 4.90 Å². The van der Waals surface area contributed by atoms with Gasteiger partial charge in [0.1, 0.15) is 6.10 Å². The second-order valence-corrected chi connectivity index (χ2v) is 7.23. The molecule has 142 valence electrons. The van der Waals surface area contributed by atoms with Crippen molar-refractivity contribution in [3.8, 4) is 11.5 Å². The Labute approximate surface area is 158 Å². The summed E-state index contributed by atoms with van der Waals surface area (Å²) in [6, 6.07) is 4.33. The fourth-order valence-corrected chi connectivity index (χ4v) is 4.43. The maximum atomic E-state index is 13.3. The first kappa shape index (κ1) is 17.6. The number of benzene rings is 1. The topological polar surface area (TPSA) is 76.1 Å². The smallest absolute Gasteiger partial charge is 0.290 e. The van der Waals surface area contributed by atoms with Crippen LogP contribution in [-0.2, 0) is 14.3 Å². The van der Waals surface area contributed by atoms with Gasteiger partial charge in [0.15, 0.2) is 23.0 Å². The Kier molecular flexibility index (Phi) is 4.42. The lowest BCUT2D eigenvalue weighted by Crippen LogP contribution is -2.39. The summed E-state index contributed by atoms with van der Waals surface area (Å²) in [7, 11) is 1.46. The van der Waals surface area contributed by atoms with Gasteiger partial charge in [-0.15, -0.1) is 6.58 Å². The number of aromatic hydroxyl groups is 1. The van der Waals surface area contributed by atoms with Crippen molar-refractivity contribution in [2.45, 2.75) is 37.8 Å². The summed E-state index contributed by atoms with van der Waals surface area (Å²) in [4.78, 5) is 27.9. The zero-order chi connectivity index (χ0) is 19.1. The minimum atomic E-state index is -0.560. The number of hydrogen-bond acceptors (Lipinski definition) is 5. The van der Waals surface area contributed by atoms with E-state index in [9.17, 15) is 14.7 Å². The van der Waals surface area contributed by atoms with E-state index in [2.05, 4.69) is 6.58 Å². The summed E-state index contributed by atoms with van der Waals surface area (Å²) < 4.78 is 11.3. The quantitative estimate of drug-likeness (QED) is 0.826. The highest BCUT2D eigenvalue weighted by Gasteiger charge is 2.51. The molecule has 1 fully saturated rings. The summed E-state index contributed by atoms with van der Waals surface area (Å²) >= 11 is 0. The Hall–Kier alpha value is -2.76. The number of nitrogens with zero attached hydrogens (tertiary/aromatic N) is 1. The van der Waals surface area contributed by atoms with Crippen LogP contribution in [0.3, 0.4) is 0 Å². The third kappa shape index (κ3) is 2.71. The van der Waals surface area contributed by atoms with Crippen LogP contribution >= 0.6 is 0 Å². The number of fused-ring (bicyclic) bond motifs is 1. The highest BCUT2D eigenvalue weighted by Crippen LogP contribution is 2.47. The molecule has 0 aromatic heterocycles. The number of rotatable bonds is 4. The second kappa shape index (κ2) is 6.76. The Balaban J connectivity index is 1.82. The van der Waals surface area contributed by atoms with Gasteiger partial charge in [0, 0.05) is 6.54 Å². The number of Topliss-reactive ketones (excluding diaryl/α,β-unsaturated/α-hetero) is 1. The molecule has 1 aliphatic carbocycles. The summed E-state index contributed by atoms with van der Waals surface area (Å²) in [6.07, 6.45) is 5.05. The molecule has 6 heteroatoms. The van der Waals surface area contributed by atoms with Gasteiger partial charge < -0.3 is 19.5 Å². The largest absolute Gasteiger partial charge is 0.504 e. The second-order valence-electron chi connectivity index (χ2n) is 7.23. The standard InChI is InChI=1S/C21H23NO5/c1-3-10-22-18(12-8-9-14(23)16(11-12)26-2)17-19(24)13-6-4-5-7-15(13)27-20(17)21(22)25/h3,8-9,11,13,15,18,23H,1,4-7,10H2,2H3. The van der Waals surface area contributed by atoms with Crippen molar-refractivity contribution in [1.29, 1.82) is 0 Å². The maximum absolute atomic E-state index is 13.3. The van der Waals surface area contributed by atoms with E-state index in [1.54, 1.807) is 23.1 Å². The van der Waals surface area contributed by atoms with Crippen LogP contribution in [0.1, 0.15) is 37.3 Å². The van der Waals surface area contributed by atoms with Crippen molar-refractivity contribution in [3.05, 3.63) is 47.7 Å². The average molecular weight is 369 g/mol. The maximum Gasteiger partial charge on any atom is 0.290 e. The monoisotopic (exact) mass is 369 g/mol. The van der Waals surface area contributed by atoms with Crippen LogP contribution < -0.4 is 4.74 Å². The molecule has 0 bridgehead atoms. The number of amides is 1. The molecule has 0 radical (unpaired) electrons. The fourth-order valence-electron chi connectivity index (χ4n) is 4.43. The van der Waals surface area contributed by atoms with E-state index in [1.165, 1.54) is 13.2 Å². The van der Waals surface area contributed by atoms with Gasteiger partial charge in [-0.1, -0.05) is 18.6 Å². The number of ether oxygens (including phenoxy) is 2. The van der Waals surface area contributed by atoms with Crippen LogP contribution in [-0.4, -0.2) is 41.5 Å². The normalized spacial score (nSPS) is 27.1. The summed E-state index contributed by atoms with van der Waals surface area (Å²) in [5.74, 6) is 0.0376. The van der Waals surface area contributed by atoms with E-state index in [4.69, 9.17) is 9.47 Å². The van der Waals surface area contributed by atoms with Crippen LogP contribution in [0.15, 0.2) is 42.2 Å². The van der Waals surface area contributed by atoms with E-state index in [0.29, 0.717) is 23.4 Å². The molecule has 0 saturated heterocycles. The van der Waals surface area contributed by atoms with Gasteiger partial charge in [-0.25, -0.2) is 0 Å². The third-order valence-electron chi connectivity index (χ3n) is 5.70. The summed E-state index contributed by atoms with van der Waals surface area (Å²) in [5.41, 5.74) is 1.13. The highest BCUT2D eigenvalue weighted by atomic mass is 16.5. The van der Waals surface area contributed by atoms with Crippen molar-refractivity contribution in [3.63, 3.8) is 0 Å². The molecule has 1 amide bonds. The molecular formula is C21H23NO5. The molecule has 2 aliphatic heterocycles. The molecule has 1 saturated carbocycles. The van der Waals surface area contributed by atoms with Crippen molar-refractivity contribution in [2.24, 2.45) is 5.92 Å². The zero-order valence-electron chi connectivity index (χ0n) is 15.3. The van der Waals surface area contributed by atoms with Gasteiger partial charge in [0.25, 0.3) is 5.91 Å². The van der Waals surface area contributed by atoms with Gasteiger partial charge in [0.2, 0.25) is 0 Å². The van der Waals surface area contributed by atoms with Crippen molar-refractivity contribution < 1.29 is 24.2 Å². The predicted octanol–water partition coefficient (Wildman–Crippen LogP) is 2.88. The molecular weight excluding hydrogens is 346 g/mol. The van der Waals surface area contributed by atoms with Crippen molar-refractivity contribution >= 4 is 11.7 Å². The lowest BCUT2D eigenvalue weighted by Gasteiger charge is -2.35. The molecule has 6 nitrogen and oxygen atoms in total. The zero-order valence-corrected chi connectivity index (χ0v) is 15.3. The number of ketones is 1. The third-order valence-corrected chi connectivity index (χ3v) is 5.70. The Morgan fingerprint density at radius 2 is 2.11 bits per heavy atom. The molecule has 1 aromatic carbocycles. The summed E-state index contributed by atoms with van der Waals surface area (Å²) in [5, 5.41) is 9.91. The Morgan fingerprint density at radius 3 is 2.85 bits per heavy atom. The van der Waals surface area contributed by atoms with Crippen LogP contribution in [0.4, 0.5) is 0 Å². The molecule has 1 N–H and O–H groups in total. The number of carbonyl (C=O) groups excluding carboxylic acids is 2. The minimum Gasteiger partial charge on any atom is -0.504 e. The number of phenols is 1. The summed E-state index contributed by atoms with van der Waals surface area (Å²) in [6.45, 7) is 4.04. The molecule has 3 atom stereocenters. The molecule has 0 spiro atoms. The van der Waals surface area contributed by atoms with Gasteiger partial charge in [0.05, 0.1) is 24.6 Å². The molecule has 3 unspecified atom stereocenters. The van der Waals surface area contributed by atoms with Crippen LogP contribution in [0.25, 0.3) is 0 Å². The number of carbonyl (C=O) groups is 2. The average Bonchev–Trinajstić information content (AvgIpc) is 2.95. The molecule has 4 rings (SSSR count). The first-order chi connectivity index (χ1) is 13.1. The van der Waals surface area contributed by atoms with E-state index in [1.807, 2.05) is 0 Å². The first-order valence-electron chi connectivity index (χ1n) is 9.30. The minimum absolute atomic E-state index is 0.00797. The van der Waals surface area contributed by atoms with Gasteiger partial charge in [-0.3, -0.25) is 9.59 Å². The lowest BCUT2D eigenvalue weighted by molar-refractivity contribution is -0.135. The van der Waals surface area contributed by atoms with Crippen LogP contribution in [0.2, 0.25) is 0 Å². The molecule has 1 aromatic rings.